The first-order valence-electron chi connectivity index (χ1n) is 12.5. The molecule has 0 aromatic heterocycles. The van der Waals surface area contributed by atoms with E-state index in [1.54, 1.807) is 0 Å². The number of fused-ring (bicyclic) bond motifs is 2. The summed E-state index contributed by atoms with van der Waals surface area (Å²) in [5, 5.41) is 10.3. The van der Waals surface area contributed by atoms with Crippen molar-refractivity contribution in [2.45, 2.75) is 63.3 Å². The Hall–Kier alpha value is -3.85. The van der Waals surface area contributed by atoms with Gasteiger partial charge in [0.2, 0.25) is 11.8 Å². The van der Waals surface area contributed by atoms with Gasteiger partial charge in [0, 0.05) is 29.4 Å². The van der Waals surface area contributed by atoms with Crippen LogP contribution >= 0.6 is 0 Å². The molecule has 36 heavy (non-hydrogen) atoms. The lowest BCUT2D eigenvalue weighted by molar-refractivity contribution is -0.126. The molecule has 0 saturated heterocycles. The van der Waals surface area contributed by atoms with E-state index in [2.05, 4.69) is 45.0 Å². The molecule has 3 heterocycles. The lowest BCUT2D eigenvalue weighted by atomic mass is 9.63. The normalized spacial score (nSPS) is 30.2. The maximum absolute atomic E-state index is 14.8. The average molecular weight is 480 g/mol. The Morgan fingerprint density at radius 1 is 1.03 bits per heavy atom. The van der Waals surface area contributed by atoms with Gasteiger partial charge in [-0.05, 0) is 37.3 Å². The zero-order valence-electron chi connectivity index (χ0n) is 21.0. The van der Waals surface area contributed by atoms with Crippen molar-refractivity contribution in [1.29, 1.82) is 5.26 Å². The zero-order chi connectivity index (χ0) is 25.6. The number of para-hydroxylation sites is 1. The van der Waals surface area contributed by atoms with Crippen molar-refractivity contribution in [3.8, 4) is 6.07 Å². The highest BCUT2D eigenvalue weighted by Gasteiger charge is 2.66. The maximum Gasteiger partial charge on any atom is 0.248 e. The first kappa shape index (κ1) is 22.6. The van der Waals surface area contributed by atoms with Crippen LogP contribution in [0.3, 0.4) is 0 Å². The quantitative estimate of drug-likeness (QED) is 0.638. The largest absolute Gasteiger partial charge is 0.444 e. The summed E-state index contributed by atoms with van der Waals surface area (Å²) >= 11 is 0. The highest BCUT2D eigenvalue weighted by atomic mass is 16.5. The van der Waals surface area contributed by atoms with Crippen molar-refractivity contribution >= 4 is 17.4 Å². The number of anilines is 1. The van der Waals surface area contributed by atoms with Crippen molar-refractivity contribution in [2.24, 2.45) is 11.7 Å². The summed E-state index contributed by atoms with van der Waals surface area (Å²) in [4.78, 5) is 30.2. The third-order valence-corrected chi connectivity index (χ3v) is 8.55. The molecule has 1 aliphatic carbocycles. The molecule has 4 aliphatic rings. The van der Waals surface area contributed by atoms with Gasteiger partial charge in [0.05, 0.1) is 11.3 Å². The second-order valence-corrected chi connectivity index (χ2v) is 11.5. The Bertz CT molecular complexity index is 1460. The molecule has 1 amide bonds. The Balaban J connectivity index is 1.73. The van der Waals surface area contributed by atoms with Crippen LogP contribution < -0.4 is 10.6 Å². The smallest absolute Gasteiger partial charge is 0.248 e. The van der Waals surface area contributed by atoms with Gasteiger partial charge in [-0.1, -0.05) is 62.4 Å². The fourth-order valence-corrected chi connectivity index (χ4v) is 7.29. The molecule has 3 aliphatic heterocycles. The van der Waals surface area contributed by atoms with Gasteiger partial charge in [-0.2, -0.15) is 5.26 Å². The molecule has 0 unspecified atom stereocenters. The standard InChI is InChI=1S/C30H29N3O3/c1-17-13-22(34)24-23(14-17)36-26(32)21(15-31)30(24)20-12-8-11-19-25(20)33(27(30)35)28(2,3)16-29(19,4)18-9-6-5-7-10-18/h5-12,17H,13-14,16,32H2,1-4H3/t17-,29-,30-/m1/s1. The summed E-state index contributed by atoms with van der Waals surface area (Å²) < 4.78 is 5.88. The Kier molecular flexibility index (Phi) is 4.46. The predicted octanol–water partition coefficient (Wildman–Crippen LogP) is 4.74. The van der Waals surface area contributed by atoms with Gasteiger partial charge >= 0.3 is 0 Å². The summed E-state index contributed by atoms with van der Waals surface area (Å²) in [6.07, 6.45) is 1.47. The number of allylic oxidation sites excluding steroid dienone is 1. The number of Topliss-reactive ketones (excluding diaryl/α,β-unsaturated/α-hetero) is 1. The van der Waals surface area contributed by atoms with Crippen molar-refractivity contribution < 1.29 is 14.3 Å². The zero-order valence-corrected chi connectivity index (χ0v) is 21.0. The van der Waals surface area contributed by atoms with Gasteiger partial charge in [0.15, 0.2) is 5.78 Å². The number of amides is 1. The molecule has 0 bridgehead atoms. The lowest BCUT2D eigenvalue weighted by Crippen LogP contribution is -2.58. The van der Waals surface area contributed by atoms with Crippen LogP contribution in [-0.2, 0) is 25.2 Å². The molecule has 3 atom stereocenters. The number of hydrogen-bond donors (Lipinski definition) is 1. The second-order valence-electron chi connectivity index (χ2n) is 11.5. The van der Waals surface area contributed by atoms with Crippen LogP contribution in [0.5, 0.6) is 0 Å². The number of carbonyl (C=O) groups excluding carboxylic acids is 2. The first-order chi connectivity index (χ1) is 17.1. The molecule has 2 N–H and O–H groups in total. The van der Waals surface area contributed by atoms with Crippen LogP contribution in [0.4, 0.5) is 5.69 Å². The van der Waals surface area contributed by atoms with Crippen LogP contribution in [0.15, 0.2) is 71.3 Å². The Morgan fingerprint density at radius 3 is 2.42 bits per heavy atom. The summed E-state index contributed by atoms with van der Waals surface area (Å²) in [5.41, 5.74) is 7.67. The minimum atomic E-state index is -1.59. The topological polar surface area (TPSA) is 96.4 Å². The minimum absolute atomic E-state index is 0.00849. The summed E-state index contributed by atoms with van der Waals surface area (Å²) in [7, 11) is 0. The van der Waals surface area contributed by atoms with E-state index in [-0.39, 0.29) is 40.1 Å². The molecule has 0 saturated carbocycles. The number of carbonyl (C=O) groups is 2. The van der Waals surface area contributed by atoms with E-state index in [1.165, 1.54) is 0 Å². The highest BCUT2D eigenvalue weighted by molar-refractivity contribution is 6.21. The fraction of sp³-hybridized carbons (Fsp3) is 0.367. The molecule has 6 rings (SSSR count). The molecule has 182 valence electrons. The van der Waals surface area contributed by atoms with Crippen molar-refractivity contribution in [2.75, 3.05) is 4.90 Å². The molecule has 2 aromatic rings. The van der Waals surface area contributed by atoms with E-state index < -0.39 is 11.0 Å². The molecule has 6 heteroatoms. The van der Waals surface area contributed by atoms with E-state index in [0.29, 0.717) is 30.6 Å². The van der Waals surface area contributed by atoms with Crippen molar-refractivity contribution in [3.63, 3.8) is 0 Å². The minimum Gasteiger partial charge on any atom is -0.444 e. The average Bonchev–Trinajstić information content (AvgIpc) is 3.07. The van der Waals surface area contributed by atoms with E-state index in [9.17, 15) is 14.9 Å². The van der Waals surface area contributed by atoms with Crippen molar-refractivity contribution in [1.82, 2.24) is 0 Å². The first-order valence-corrected chi connectivity index (χ1v) is 12.5. The van der Waals surface area contributed by atoms with Crippen LogP contribution in [0.25, 0.3) is 0 Å². The molecular formula is C30H29N3O3. The molecule has 0 radical (unpaired) electrons. The summed E-state index contributed by atoms with van der Waals surface area (Å²) in [5.74, 6) is -0.0457. The second kappa shape index (κ2) is 7.10. The van der Waals surface area contributed by atoms with Gasteiger partial charge in [0.25, 0.3) is 0 Å². The number of nitriles is 1. The van der Waals surface area contributed by atoms with Crippen molar-refractivity contribution in [3.05, 3.63) is 88.0 Å². The van der Waals surface area contributed by atoms with Crippen LogP contribution in [0.2, 0.25) is 0 Å². The molecule has 2 aromatic carbocycles. The third kappa shape index (κ3) is 2.55. The van der Waals surface area contributed by atoms with E-state index in [4.69, 9.17) is 10.5 Å². The highest BCUT2D eigenvalue weighted by Crippen LogP contribution is 2.62. The number of nitrogens with zero attached hydrogens (tertiary/aromatic N) is 2. The van der Waals surface area contributed by atoms with Crippen LogP contribution in [0.1, 0.15) is 63.6 Å². The fourth-order valence-electron chi connectivity index (χ4n) is 7.29. The third-order valence-electron chi connectivity index (χ3n) is 8.55. The van der Waals surface area contributed by atoms with E-state index in [0.717, 1.165) is 16.8 Å². The van der Waals surface area contributed by atoms with Gasteiger partial charge in [-0.15, -0.1) is 0 Å². The predicted molar refractivity (Wildman–Crippen MR) is 136 cm³/mol. The number of rotatable bonds is 1. The lowest BCUT2D eigenvalue weighted by Gasteiger charge is -2.50. The number of benzene rings is 2. The maximum atomic E-state index is 14.8. The molecule has 0 fully saturated rings. The number of nitrogens with two attached hydrogens (primary N) is 1. The number of hydrogen-bond acceptors (Lipinski definition) is 5. The Morgan fingerprint density at radius 2 is 1.72 bits per heavy atom. The summed E-state index contributed by atoms with van der Waals surface area (Å²) in [6, 6.07) is 18.4. The summed E-state index contributed by atoms with van der Waals surface area (Å²) in [6.45, 7) is 8.31. The van der Waals surface area contributed by atoms with Crippen LogP contribution in [-0.4, -0.2) is 17.2 Å². The SMILES string of the molecule is C[C@@H]1CC(=O)C2=C(C1)OC(N)=C(C#N)[C@@]21C(=O)N2c3c1cccc3[C@@](C)(c1ccccc1)CC2(C)C. The van der Waals surface area contributed by atoms with Gasteiger partial charge in [-0.25, -0.2) is 0 Å². The monoisotopic (exact) mass is 479 g/mol. The number of ether oxygens (including phenoxy) is 1. The van der Waals surface area contributed by atoms with Gasteiger partial charge in [0.1, 0.15) is 22.8 Å². The molecule has 6 nitrogen and oxygen atoms in total. The number of ketones is 1. The molecular weight excluding hydrogens is 450 g/mol. The van der Waals surface area contributed by atoms with Gasteiger partial charge < -0.3 is 15.4 Å². The van der Waals surface area contributed by atoms with Gasteiger partial charge in [-0.3, -0.25) is 9.59 Å². The van der Waals surface area contributed by atoms with E-state index >= 15 is 0 Å². The Labute approximate surface area is 211 Å². The van der Waals surface area contributed by atoms with Crippen LogP contribution in [0, 0.1) is 17.2 Å². The molecule has 1 spiro atoms. The van der Waals surface area contributed by atoms with E-state index in [1.807, 2.05) is 42.2 Å².